The minimum absolute atomic E-state index is 0.0859. The highest BCUT2D eigenvalue weighted by atomic mass is 35.5. The Hall–Kier alpha value is -3.49. The topological polar surface area (TPSA) is 100 Å². The average Bonchev–Trinajstić information content (AvgIpc) is 3.45. The molecule has 7 nitrogen and oxygen atoms in total. The summed E-state index contributed by atoms with van der Waals surface area (Å²) in [5, 5.41) is 15.9. The number of aliphatic hydroxyl groups is 1. The van der Waals surface area contributed by atoms with Gasteiger partial charge >= 0.3 is 0 Å². The number of nitrogens with zero attached hydrogens (tertiary/aromatic N) is 1. The number of nitrogens with one attached hydrogen (secondary N) is 2. The lowest BCUT2D eigenvalue weighted by Crippen LogP contribution is -2.34. The number of rotatable bonds is 5. The molecule has 4 rings (SSSR count). The summed E-state index contributed by atoms with van der Waals surface area (Å²) in [6, 6.07) is 14.7. The molecular weight excluding hydrogens is 425 g/mol. The van der Waals surface area contributed by atoms with Crippen LogP contribution in [0.1, 0.15) is 6.42 Å². The van der Waals surface area contributed by atoms with Crippen LogP contribution in [0.25, 0.3) is 5.69 Å². The van der Waals surface area contributed by atoms with E-state index in [4.69, 9.17) is 11.6 Å². The molecule has 1 fully saturated rings. The molecule has 9 heteroatoms. The second kappa shape index (κ2) is 7.98. The summed E-state index contributed by atoms with van der Waals surface area (Å²) in [5.74, 6) is -3.18. The minimum atomic E-state index is -1.88. The smallest absolute Gasteiger partial charge is 0.257 e. The number of hydrogen-bond acceptors (Lipinski definition) is 4. The van der Waals surface area contributed by atoms with Gasteiger partial charge in [0.2, 0.25) is 5.91 Å². The van der Waals surface area contributed by atoms with Gasteiger partial charge in [-0.25, -0.2) is 4.39 Å². The van der Waals surface area contributed by atoms with E-state index in [0.29, 0.717) is 16.4 Å². The monoisotopic (exact) mass is 441 g/mol. The lowest BCUT2D eigenvalue weighted by atomic mass is 10.2. The molecule has 1 saturated carbocycles. The van der Waals surface area contributed by atoms with Crippen LogP contribution in [-0.2, 0) is 9.59 Å². The Morgan fingerprint density at radius 2 is 1.84 bits per heavy atom. The first-order chi connectivity index (χ1) is 14.8. The van der Waals surface area contributed by atoms with Gasteiger partial charge in [0.15, 0.2) is 5.60 Å². The van der Waals surface area contributed by atoms with E-state index in [2.05, 4.69) is 10.6 Å². The van der Waals surface area contributed by atoms with Gasteiger partial charge in [0.1, 0.15) is 5.82 Å². The molecule has 0 bridgehead atoms. The first-order valence-electron chi connectivity index (χ1n) is 9.36. The van der Waals surface area contributed by atoms with Crippen LogP contribution in [0.15, 0.2) is 71.7 Å². The number of hydrogen-bond donors (Lipinski definition) is 3. The van der Waals surface area contributed by atoms with Gasteiger partial charge in [0, 0.05) is 35.5 Å². The second-order valence-electron chi connectivity index (χ2n) is 7.20. The molecule has 0 aliphatic heterocycles. The van der Waals surface area contributed by atoms with Crippen molar-refractivity contribution >= 4 is 34.8 Å². The molecule has 3 N–H and O–H groups in total. The number of aromatic nitrogens is 1. The Morgan fingerprint density at radius 1 is 1.10 bits per heavy atom. The normalized spacial score (nSPS) is 19.5. The molecule has 2 amide bonds. The van der Waals surface area contributed by atoms with Crippen LogP contribution < -0.4 is 16.2 Å². The van der Waals surface area contributed by atoms with E-state index < -0.39 is 29.2 Å². The maximum absolute atomic E-state index is 14.5. The Labute approximate surface area is 181 Å². The van der Waals surface area contributed by atoms with Crippen molar-refractivity contribution in [1.29, 1.82) is 0 Å². The van der Waals surface area contributed by atoms with Gasteiger partial charge in [-0.2, -0.15) is 0 Å². The summed E-state index contributed by atoms with van der Waals surface area (Å²) >= 11 is 5.79. The molecule has 0 saturated heterocycles. The Morgan fingerprint density at radius 3 is 2.52 bits per heavy atom. The molecule has 158 valence electrons. The first-order valence-corrected chi connectivity index (χ1v) is 9.73. The average molecular weight is 442 g/mol. The van der Waals surface area contributed by atoms with Crippen molar-refractivity contribution in [2.24, 2.45) is 5.92 Å². The molecule has 0 unspecified atom stereocenters. The van der Waals surface area contributed by atoms with Crippen molar-refractivity contribution < 1.29 is 19.1 Å². The fraction of sp³-hybridized carbons (Fsp3) is 0.136. The molecule has 1 aliphatic carbocycles. The molecule has 1 aliphatic rings. The zero-order valence-corrected chi connectivity index (χ0v) is 16.8. The van der Waals surface area contributed by atoms with Crippen LogP contribution in [0.5, 0.6) is 0 Å². The van der Waals surface area contributed by atoms with Crippen molar-refractivity contribution in [2.75, 3.05) is 10.6 Å². The molecule has 0 spiro atoms. The standard InChI is InChI=1S/C22H17ClFN3O4/c23-13-4-6-14(7-5-13)25-21(30)22(31)12-16(22)20(29)26-18-9-8-15(11-17(18)24)27-10-2-1-3-19(27)28/h1-11,16,31H,12H2,(H,25,30)(H,26,29)/t16-,22+/m0/s1. The molecule has 0 radical (unpaired) electrons. The molecule has 1 aromatic heterocycles. The highest BCUT2D eigenvalue weighted by Crippen LogP contribution is 2.45. The summed E-state index contributed by atoms with van der Waals surface area (Å²) in [7, 11) is 0. The van der Waals surface area contributed by atoms with E-state index in [9.17, 15) is 23.9 Å². The van der Waals surface area contributed by atoms with Gasteiger partial charge in [-0.1, -0.05) is 17.7 Å². The van der Waals surface area contributed by atoms with Crippen LogP contribution in [0.3, 0.4) is 0 Å². The SMILES string of the molecule is O=C(Nc1ccc(-n2ccccc2=O)cc1F)[C@@H]1C[C@]1(O)C(=O)Nc1ccc(Cl)cc1. The van der Waals surface area contributed by atoms with E-state index in [-0.39, 0.29) is 17.7 Å². The maximum atomic E-state index is 14.5. The van der Waals surface area contributed by atoms with Crippen LogP contribution in [0, 0.1) is 11.7 Å². The molecule has 1 heterocycles. The largest absolute Gasteiger partial charge is 0.379 e. The first kappa shape index (κ1) is 20.8. The third-order valence-electron chi connectivity index (χ3n) is 5.05. The van der Waals surface area contributed by atoms with Crippen LogP contribution in [0.4, 0.5) is 15.8 Å². The molecule has 2 atom stereocenters. The molecular formula is C22H17ClFN3O4. The third-order valence-corrected chi connectivity index (χ3v) is 5.31. The molecule has 3 aromatic rings. The predicted octanol–water partition coefficient (Wildman–Crippen LogP) is 2.96. The Kier molecular flexibility index (Phi) is 5.34. The van der Waals surface area contributed by atoms with Gasteiger partial charge in [-0.05, 0) is 42.5 Å². The fourth-order valence-corrected chi connectivity index (χ4v) is 3.33. The van der Waals surface area contributed by atoms with E-state index in [1.54, 1.807) is 36.4 Å². The number of carbonyl (C=O) groups excluding carboxylic acids is 2. The van der Waals surface area contributed by atoms with Gasteiger partial charge in [0.05, 0.1) is 17.3 Å². The van der Waals surface area contributed by atoms with Crippen molar-refractivity contribution in [1.82, 2.24) is 4.57 Å². The van der Waals surface area contributed by atoms with E-state index >= 15 is 0 Å². The van der Waals surface area contributed by atoms with Gasteiger partial charge in [-0.15, -0.1) is 0 Å². The third kappa shape index (κ3) is 4.21. The quantitative estimate of drug-likeness (QED) is 0.566. The minimum Gasteiger partial charge on any atom is -0.379 e. The van der Waals surface area contributed by atoms with Crippen LogP contribution >= 0.6 is 11.6 Å². The van der Waals surface area contributed by atoms with Gasteiger partial charge in [-0.3, -0.25) is 19.0 Å². The van der Waals surface area contributed by atoms with Gasteiger partial charge < -0.3 is 15.7 Å². The lowest BCUT2D eigenvalue weighted by Gasteiger charge is -2.13. The maximum Gasteiger partial charge on any atom is 0.257 e. The van der Waals surface area contributed by atoms with E-state index in [0.717, 1.165) is 6.07 Å². The summed E-state index contributed by atoms with van der Waals surface area (Å²) in [5.41, 5.74) is -1.60. The predicted molar refractivity (Wildman–Crippen MR) is 114 cm³/mol. The molecule has 31 heavy (non-hydrogen) atoms. The summed E-state index contributed by atoms with van der Waals surface area (Å²) < 4.78 is 15.8. The van der Waals surface area contributed by atoms with Crippen LogP contribution in [-0.4, -0.2) is 27.1 Å². The Bertz CT molecular complexity index is 1230. The van der Waals surface area contributed by atoms with Crippen molar-refractivity contribution in [3.05, 3.63) is 88.1 Å². The van der Waals surface area contributed by atoms with E-state index in [1.807, 2.05) is 0 Å². The zero-order chi connectivity index (χ0) is 22.2. The van der Waals surface area contributed by atoms with Crippen LogP contribution in [0.2, 0.25) is 5.02 Å². The number of pyridine rings is 1. The second-order valence-corrected chi connectivity index (χ2v) is 7.64. The summed E-state index contributed by atoms with van der Waals surface area (Å²) in [4.78, 5) is 36.7. The van der Waals surface area contributed by atoms with E-state index in [1.165, 1.54) is 29.0 Å². The van der Waals surface area contributed by atoms with Gasteiger partial charge in [0.25, 0.3) is 11.5 Å². The zero-order valence-electron chi connectivity index (χ0n) is 16.0. The summed E-state index contributed by atoms with van der Waals surface area (Å²) in [6.07, 6.45) is 1.41. The molecule has 2 aromatic carbocycles. The number of halogens is 2. The number of carbonyl (C=O) groups is 2. The van der Waals surface area contributed by atoms with Crippen molar-refractivity contribution in [3.63, 3.8) is 0 Å². The van der Waals surface area contributed by atoms with Crippen molar-refractivity contribution in [2.45, 2.75) is 12.0 Å². The lowest BCUT2D eigenvalue weighted by molar-refractivity contribution is -0.130. The summed E-state index contributed by atoms with van der Waals surface area (Å²) in [6.45, 7) is 0. The van der Waals surface area contributed by atoms with Crippen molar-refractivity contribution in [3.8, 4) is 5.69 Å². The number of amides is 2. The Balaban J connectivity index is 1.43. The highest BCUT2D eigenvalue weighted by Gasteiger charge is 2.63. The number of anilines is 2. The number of benzene rings is 2. The highest BCUT2D eigenvalue weighted by molar-refractivity contribution is 6.30. The fourth-order valence-electron chi connectivity index (χ4n) is 3.20.